The molecular weight excluding hydrogens is 352 g/mol. The van der Waals surface area contributed by atoms with Crippen LogP contribution in [-0.4, -0.2) is 14.9 Å². The van der Waals surface area contributed by atoms with Crippen LogP contribution in [0.4, 0.5) is 11.5 Å². The first-order valence-electron chi connectivity index (χ1n) is 7.93. The highest BCUT2D eigenvalue weighted by atomic mass is 35.5. The van der Waals surface area contributed by atoms with E-state index in [9.17, 15) is 0 Å². The SMILES string of the molecule is Cc1ccc(C)c(NC(=S)Nc2nn(Cc3ccccc3)cc2Cl)c1. The maximum Gasteiger partial charge on any atom is 0.176 e. The van der Waals surface area contributed by atoms with Crippen molar-refractivity contribution in [2.24, 2.45) is 0 Å². The molecule has 4 nitrogen and oxygen atoms in total. The van der Waals surface area contributed by atoms with Crippen LogP contribution >= 0.6 is 23.8 Å². The Balaban J connectivity index is 1.68. The molecule has 2 N–H and O–H groups in total. The molecule has 0 unspecified atom stereocenters. The van der Waals surface area contributed by atoms with Crippen molar-refractivity contribution in [3.8, 4) is 0 Å². The highest BCUT2D eigenvalue weighted by molar-refractivity contribution is 7.80. The molecule has 0 saturated heterocycles. The Morgan fingerprint density at radius 2 is 1.88 bits per heavy atom. The third-order valence-corrected chi connectivity index (χ3v) is 4.26. The molecule has 0 fully saturated rings. The molecular formula is C19H19ClN4S. The van der Waals surface area contributed by atoms with Crippen LogP contribution < -0.4 is 10.6 Å². The number of thiocarbonyl (C=S) groups is 1. The Morgan fingerprint density at radius 1 is 1.12 bits per heavy atom. The lowest BCUT2D eigenvalue weighted by molar-refractivity contribution is 0.690. The summed E-state index contributed by atoms with van der Waals surface area (Å²) in [6, 6.07) is 16.3. The van der Waals surface area contributed by atoms with Crippen LogP contribution in [0.3, 0.4) is 0 Å². The van der Waals surface area contributed by atoms with E-state index >= 15 is 0 Å². The summed E-state index contributed by atoms with van der Waals surface area (Å²) in [4.78, 5) is 0. The molecule has 1 aromatic heterocycles. The molecule has 0 saturated carbocycles. The van der Waals surface area contributed by atoms with Crippen molar-refractivity contribution in [3.63, 3.8) is 0 Å². The number of benzene rings is 2. The Bertz CT molecular complexity index is 890. The number of nitrogens with zero attached hydrogens (tertiary/aromatic N) is 2. The van der Waals surface area contributed by atoms with Crippen LogP contribution in [0.5, 0.6) is 0 Å². The predicted molar refractivity (Wildman–Crippen MR) is 109 cm³/mol. The number of halogens is 1. The summed E-state index contributed by atoms with van der Waals surface area (Å²) in [6.07, 6.45) is 1.79. The summed E-state index contributed by atoms with van der Waals surface area (Å²) in [5.41, 5.74) is 4.41. The Morgan fingerprint density at radius 3 is 2.64 bits per heavy atom. The van der Waals surface area contributed by atoms with Crippen molar-refractivity contribution >= 4 is 40.4 Å². The van der Waals surface area contributed by atoms with Crippen molar-refractivity contribution < 1.29 is 0 Å². The van der Waals surface area contributed by atoms with Gasteiger partial charge in [0.05, 0.1) is 6.54 Å². The third-order valence-electron chi connectivity index (χ3n) is 3.78. The minimum Gasteiger partial charge on any atom is -0.332 e. The van der Waals surface area contributed by atoms with Gasteiger partial charge in [-0.15, -0.1) is 0 Å². The second-order valence-electron chi connectivity index (χ2n) is 5.91. The third kappa shape index (κ3) is 4.59. The van der Waals surface area contributed by atoms with Gasteiger partial charge in [-0.1, -0.05) is 54.1 Å². The smallest absolute Gasteiger partial charge is 0.176 e. The van der Waals surface area contributed by atoms with Gasteiger partial charge in [-0.25, -0.2) is 0 Å². The molecule has 0 aliphatic rings. The fourth-order valence-corrected chi connectivity index (χ4v) is 2.87. The summed E-state index contributed by atoms with van der Waals surface area (Å²) in [6.45, 7) is 4.73. The largest absolute Gasteiger partial charge is 0.332 e. The van der Waals surface area contributed by atoms with Gasteiger partial charge in [-0.05, 0) is 48.8 Å². The van der Waals surface area contributed by atoms with Crippen LogP contribution in [0.15, 0.2) is 54.7 Å². The molecule has 6 heteroatoms. The quantitative estimate of drug-likeness (QED) is 0.633. The summed E-state index contributed by atoms with van der Waals surface area (Å²) >= 11 is 11.7. The number of rotatable bonds is 4. The monoisotopic (exact) mass is 370 g/mol. The number of nitrogens with one attached hydrogen (secondary N) is 2. The van der Waals surface area contributed by atoms with E-state index in [2.05, 4.69) is 46.1 Å². The number of hydrogen-bond acceptors (Lipinski definition) is 2. The molecule has 0 aliphatic carbocycles. The maximum absolute atomic E-state index is 6.28. The minimum atomic E-state index is 0.459. The standard InChI is InChI=1S/C19H19ClN4S/c1-13-8-9-14(2)17(10-13)21-19(25)22-18-16(20)12-24(23-18)11-15-6-4-3-5-7-15/h3-10,12H,11H2,1-2H3,(H2,21,22,23,25). The highest BCUT2D eigenvalue weighted by Gasteiger charge is 2.10. The molecule has 0 radical (unpaired) electrons. The predicted octanol–water partition coefficient (Wildman–Crippen LogP) is 5.01. The first kappa shape index (κ1) is 17.5. The van der Waals surface area contributed by atoms with E-state index < -0.39 is 0 Å². The fourth-order valence-electron chi connectivity index (χ4n) is 2.46. The lowest BCUT2D eigenvalue weighted by Gasteiger charge is -2.12. The molecule has 0 amide bonds. The van der Waals surface area contributed by atoms with Crippen molar-refractivity contribution in [2.45, 2.75) is 20.4 Å². The molecule has 1 heterocycles. The number of hydrogen-bond donors (Lipinski definition) is 2. The van der Waals surface area contributed by atoms with E-state index in [4.69, 9.17) is 23.8 Å². The van der Waals surface area contributed by atoms with Gasteiger partial charge in [0.25, 0.3) is 0 Å². The van der Waals surface area contributed by atoms with Crippen molar-refractivity contribution in [3.05, 3.63) is 76.4 Å². The molecule has 25 heavy (non-hydrogen) atoms. The van der Waals surface area contributed by atoms with E-state index in [0.717, 1.165) is 16.8 Å². The molecule has 0 aliphatic heterocycles. The summed E-state index contributed by atoms with van der Waals surface area (Å²) in [7, 11) is 0. The van der Waals surface area contributed by atoms with Crippen LogP contribution in [0, 0.1) is 13.8 Å². The van der Waals surface area contributed by atoms with Gasteiger partial charge in [0, 0.05) is 11.9 Å². The second kappa shape index (κ2) is 7.68. The Labute approximate surface area is 157 Å². The van der Waals surface area contributed by atoms with Crippen LogP contribution in [0.2, 0.25) is 5.02 Å². The lowest BCUT2D eigenvalue weighted by atomic mass is 10.1. The summed E-state index contributed by atoms with van der Waals surface area (Å²) in [5, 5.41) is 11.7. The molecule has 2 aromatic carbocycles. The molecule has 0 bridgehead atoms. The number of anilines is 2. The molecule has 3 aromatic rings. The van der Waals surface area contributed by atoms with Gasteiger partial charge in [-0.3, -0.25) is 4.68 Å². The van der Waals surface area contributed by atoms with E-state index in [0.29, 0.717) is 22.5 Å². The summed E-state index contributed by atoms with van der Waals surface area (Å²) in [5.74, 6) is 0.542. The van der Waals surface area contributed by atoms with Crippen molar-refractivity contribution in [1.29, 1.82) is 0 Å². The van der Waals surface area contributed by atoms with Gasteiger partial charge in [0.1, 0.15) is 5.02 Å². The van der Waals surface area contributed by atoms with Crippen LogP contribution in [0.25, 0.3) is 0 Å². The fraction of sp³-hybridized carbons (Fsp3) is 0.158. The van der Waals surface area contributed by atoms with E-state index in [-0.39, 0.29) is 0 Å². The Kier molecular flexibility index (Phi) is 5.36. The van der Waals surface area contributed by atoms with Gasteiger partial charge in [0.15, 0.2) is 10.9 Å². The van der Waals surface area contributed by atoms with Crippen molar-refractivity contribution in [1.82, 2.24) is 9.78 Å². The zero-order valence-corrected chi connectivity index (χ0v) is 15.7. The highest BCUT2D eigenvalue weighted by Crippen LogP contribution is 2.21. The van der Waals surface area contributed by atoms with E-state index in [1.54, 1.807) is 10.9 Å². The van der Waals surface area contributed by atoms with Crippen LogP contribution in [0.1, 0.15) is 16.7 Å². The normalized spacial score (nSPS) is 10.5. The minimum absolute atomic E-state index is 0.459. The zero-order valence-electron chi connectivity index (χ0n) is 14.1. The van der Waals surface area contributed by atoms with E-state index in [1.165, 1.54) is 5.56 Å². The van der Waals surface area contributed by atoms with Gasteiger partial charge >= 0.3 is 0 Å². The van der Waals surface area contributed by atoms with Crippen molar-refractivity contribution in [2.75, 3.05) is 10.6 Å². The molecule has 0 spiro atoms. The molecule has 0 atom stereocenters. The first-order chi connectivity index (χ1) is 12.0. The maximum atomic E-state index is 6.28. The first-order valence-corrected chi connectivity index (χ1v) is 8.72. The molecule has 128 valence electrons. The zero-order chi connectivity index (χ0) is 17.8. The average Bonchev–Trinajstić information content (AvgIpc) is 2.91. The lowest BCUT2D eigenvalue weighted by Crippen LogP contribution is -2.20. The second-order valence-corrected chi connectivity index (χ2v) is 6.72. The summed E-state index contributed by atoms with van der Waals surface area (Å²) < 4.78 is 1.79. The number of aromatic nitrogens is 2. The van der Waals surface area contributed by atoms with Gasteiger partial charge in [0.2, 0.25) is 0 Å². The molecule has 3 rings (SSSR count). The number of aryl methyl sites for hydroxylation is 2. The topological polar surface area (TPSA) is 41.9 Å². The van der Waals surface area contributed by atoms with Gasteiger partial charge in [-0.2, -0.15) is 5.10 Å². The Hall–Kier alpha value is -2.37. The van der Waals surface area contributed by atoms with Crippen LogP contribution in [-0.2, 0) is 6.54 Å². The van der Waals surface area contributed by atoms with Gasteiger partial charge < -0.3 is 10.6 Å². The van der Waals surface area contributed by atoms with E-state index in [1.807, 2.05) is 32.0 Å². The average molecular weight is 371 g/mol.